The highest BCUT2D eigenvalue weighted by Gasteiger charge is 2.18. The summed E-state index contributed by atoms with van der Waals surface area (Å²) in [5.74, 6) is 0.739. The molecule has 2 heterocycles. The van der Waals surface area contributed by atoms with Crippen molar-refractivity contribution in [2.45, 2.75) is 26.7 Å². The molecule has 24 heavy (non-hydrogen) atoms. The van der Waals surface area contributed by atoms with Gasteiger partial charge in [0.2, 0.25) is 0 Å². The van der Waals surface area contributed by atoms with Gasteiger partial charge >= 0.3 is 0 Å². The maximum absolute atomic E-state index is 5.42. The quantitative estimate of drug-likeness (QED) is 0.824. The fraction of sp³-hybridized carbons (Fsp3) is 0.619. The molecule has 3 rings (SSSR count). The molecule has 0 atom stereocenters. The maximum atomic E-state index is 5.42. The second-order valence-corrected chi connectivity index (χ2v) is 7.30. The third-order valence-corrected chi connectivity index (χ3v) is 5.55. The van der Waals surface area contributed by atoms with E-state index in [0.29, 0.717) is 0 Å². The summed E-state index contributed by atoms with van der Waals surface area (Å²) >= 11 is 0. The number of hydrogen-bond acceptors (Lipinski definition) is 3. The molecule has 0 radical (unpaired) electrons. The standard InChI is InChI=1S/C21H32N2O/c1-18-4-3-5-19(2)21(18)7-6-20-8-10-22(11-9-20)12-13-23-14-16-24-17-15-23/h3-7,20H,8-17H2,1-2H3. The Morgan fingerprint density at radius 1 is 0.958 bits per heavy atom. The normalized spacial score (nSPS) is 21.6. The third-order valence-electron chi connectivity index (χ3n) is 5.55. The first-order valence-electron chi connectivity index (χ1n) is 9.49. The second-order valence-electron chi connectivity index (χ2n) is 7.30. The summed E-state index contributed by atoms with van der Waals surface area (Å²) in [6.45, 7) is 13.3. The second kappa shape index (κ2) is 8.80. The highest BCUT2D eigenvalue weighted by molar-refractivity contribution is 5.57. The number of piperidine rings is 1. The Bertz CT molecular complexity index is 521. The van der Waals surface area contributed by atoms with E-state index in [1.54, 1.807) is 0 Å². The lowest BCUT2D eigenvalue weighted by Gasteiger charge is -2.33. The van der Waals surface area contributed by atoms with Crippen molar-refractivity contribution in [2.75, 3.05) is 52.5 Å². The van der Waals surface area contributed by atoms with E-state index in [2.05, 4.69) is 54.0 Å². The third kappa shape index (κ3) is 4.92. The summed E-state index contributed by atoms with van der Waals surface area (Å²) in [5, 5.41) is 0. The Morgan fingerprint density at radius 3 is 2.17 bits per heavy atom. The number of benzene rings is 1. The Morgan fingerprint density at radius 2 is 1.54 bits per heavy atom. The van der Waals surface area contributed by atoms with Gasteiger partial charge in [0, 0.05) is 26.2 Å². The molecule has 2 fully saturated rings. The molecule has 0 amide bonds. The molecular formula is C21H32N2O. The van der Waals surface area contributed by atoms with Gasteiger partial charge in [0.1, 0.15) is 0 Å². The van der Waals surface area contributed by atoms with Gasteiger partial charge in [0.15, 0.2) is 0 Å². The van der Waals surface area contributed by atoms with Gasteiger partial charge in [0.05, 0.1) is 13.2 Å². The molecule has 0 bridgehead atoms. The van der Waals surface area contributed by atoms with E-state index in [-0.39, 0.29) is 0 Å². The van der Waals surface area contributed by atoms with Crippen LogP contribution in [0.1, 0.15) is 29.5 Å². The largest absolute Gasteiger partial charge is 0.379 e. The van der Waals surface area contributed by atoms with Crippen molar-refractivity contribution in [3.8, 4) is 0 Å². The molecule has 0 saturated carbocycles. The van der Waals surface area contributed by atoms with Crippen LogP contribution in [0.15, 0.2) is 24.3 Å². The molecule has 1 aromatic rings. The Kier molecular flexibility index (Phi) is 6.47. The van der Waals surface area contributed by atoms with Crippen LogP contribution in [0.3, 0.4) is 0 Å². The Balaban J connectivity index is 1.42. The molecule has 2 aliphatic rings. The van der Waals surface area contributed by atoms with E-state index >= 15 is 0 Å². The van der Waals surface area contributed by atoms with Crippen molar-refractivity contribution in [3.05, 3.63) is 41.0 Å². The molecule has 1 aromatic carbocycles. The first-order valence-corrected chi connectivity index (χ1v) is 9.49. The summed E-state index contributed by atoms with van der Waals surface area (Å²) in [6.07, 6.45) is 7.41. The van der Waals surface area contributed by atoms with Crippen molar-refractivity contribution in [2.24, 2.45) is 5.92 Å². The van der Waals surface area contributed by atoms with Gasteiger partial charge in [-0.3, -0.25) is 4.90 Å². The molecule has 0 unspecified atom stereocenters. The molecule has 0 spiro atoms. The number of rotatable bonds is 5. The van der Waals surface area contributed by atoms with Crippen LogP contribution in [0.2, 0.25) is 0 Å². The lowest BCUT2D eigenvalue weighted by molar-refractivity contribution is 0.0318. The summed E-state index contributed by atoms with van der Waals surface area (Å²) in [7, 11) is 0. The molecule has 0 aromatic heterocycles. The van der Waals surface area contributed by atoms with Crippen LogP contribution in [0, 0.1) is 19.8 Å². The van der Waals surface area contributed by atoms with Gasteiger partial charge in [-0.05, 0) is 62.4 Å². The smallest absolute Gasteiger partial charge is 0.0594 e. The minimum Gasteiger partial charge on any atom is -0.379 e. The van der Waals surface area contributed by atoms with Gasteiger partial charge in [-0.1, -0.05) is 30.4 Å². The molecule has 3 heteroatoms. The molecular weight excluding hydrogens is 296 g/mol. The van der Waals surface area contributed by atoms with Crippen LogP contribution < -0.4 is 0 Å². The number of hydrogen-bond donors (Lipinski definition) is 0. The predicted octanol–water partition coefficient (Wildman–Crippen LogP) is 3.36. The molecule has 2 aliphatic heterocycles. The van der Waals surface area contributed by atoms with E-state index in [1.807, 2.05) is 0 Å². The van der Waals surface area contributed by atoms with Gasteiger partial charge < -0.3 is 9.64 Å². The molecule has 0 N–H and O–H groups in total. The lowest BCUT2D eigenvalue weighted by atomic mass is 9.94. The van der Waals surface area contributed by atoms with Gasteiger partial charge in [-0.2, -0.15) is 0 Å². The summed E-state index contributed by atoms with van der Waals surface area (Å²) in [6, 6.07) is 6.57. The van der Waals surface area contributed by atoms with E-state index < -0.39 is 0 Å². The number of aryl methyl sites for hydroxylation is 2. The molecule has 0 aliphatic carbocycles. The maximum Gasteiger partial charge on any atom is 0.0594 e. The SMILES string of the molecule is Cc1cccc(C)c1C=CC1CCN(CCN2CCOCC2)CC1. The molecule has 3 nitrogen and oxygen atoms in total. The van der Waals surface area contributed by atoms with Crippen LogP contribution in [0.4, 0.5) is 0 Å². The predicted molar refractivity (Wildman–Crippen MR) is 101 cm³/mol. The van der Waals surface area contributed by atoms with Crippen LogP contribution in [0.25, 0.3) is 6.08 Å². The first-order chi connectivity index (χ1) is 11.7. The number of allylic oxidation sites excluding steroid dienone is 1. The molecule has 132 valence electrons. The number of ether oxygens (including phenoxy) is 1. The fourth-order valence-electron chi connectivity index (χ4n) is 3.80. The number of nitrogens with zero attached hydrogens (tertiary/aromatic N) is 2. The van der Waals surface area contributed by atoms with Crippen molar-refractivity contribution in [1.29, 1.82) is 0 Å². The van der Waals surface area contributed by atoms with Crippen LogP contribution in [-0.4, -0.2) is 62.3 Å². The van der Waals surface area contributed by atoms with Crippen molar-refractivity contribution < 1.29 is 4.74 Å². The van der Waals surface area contributed by atoms with Crippen LogP contribution in [0.5, 0.6) is 0 Å². The highest BCUT2D eigenvalue weighted by Crippen LogP contribution is 2.22. The molecule has 2 saturated heterocycles. The zero-order valence-electron chi connectivity index (χ0n) is 15.3. The van der Waals surface area contributed by atoms with E-state index in [0.717, 1.165) is 32.2 Å². The van der Waals surface area contributed by atoms with Crippen LogP contribution >= 0.6 is 0 Å². The Hall–Kier alpha value is -1.16. The highest BCUT2D eigenvalue weighted by atomic mass is 16.5. The van der Waals surface area contributed by atoms with Crippen LogP contribution in [-0.2, 0) is 4.74 Å². The minimum absolute atomic E-state index is 0.739. The van der Waals surface area contributed by atoms with Gasteiger partial charge in [-0.15, -0.1) is 0 Å². The van der Waals surface area contributed by atoms with Gasteiger partial charge in [0.25, 0.3) is 0 Å². The van der Waals surface area contributed by atoms with Crippen molar-refractivity contribution in [3.63, 3.8) is 0 Å². The van der Waals surface area contributed by atoms with E-state index in [9.17, 15) is 0 Å². The average molecular weight is 329 g/mol. The van der Waals surface area contributed by atoms with Gasteiger partial charge in [-0.25, -0.2) is 0 Å². The topological polar surface area (TPSA) is 15.7 Å². The summed E-state index contributed by atoms with van der Waals surface area (Å²) in [5.41, 5.74) is 4.18. The Labute approximate surface area is 147 Å². The average Bonchev–Trinajstić information content (AvgIpc) is 2.61. The van der Waals surface area contributed by atoms with Crippen molar-refractivity contribution >= 4 is 6.08 Å². The fourth-order valence-corrected chi connectivity index (χ4v) is 3.80. The minimum atomic E-state index is 0.739. The number of morpholine rings is 1. The summed E-state index contributed by atoms with van der Waals surface area (Å²) < 4.78 is 5.42. The van der Waals surface area contributed by atoms with E-state index in [1.165, 1.54) is 55.7 Å². The monoisotopic (exact) mass is 328 g/mol. The zero-order chi connectivity index (χ0) is 16.8. The van der Waals surface area contributed by atoms with E-state index in [4.69, 9.17) is 4.74 Å². The zero-order valence-corrected chi connectivity index (χ0v) is 15.3. The lowest BCUT2D eigenvalue weighted by Crippen LogP contribution is -2.43. The first kappa shape index (κ1) is 17.7. The van der Waals surface area contributed by atoms with Crippen molar-refractivity contribution in [1.82, 2.24) is 9.80 Å². The number of likely N-dealkylation sites (tertiary alicyclic amines) is 1. The summed E-state index contributed by atoms with van der Waals surface area (Å²) in [4.78, 5) is 5.18.